The Labute approximate surface area is 105 Å². The van der Waals surface area contributed by atoms with Gasteiger partial charge in [-0.1, -0.05) is 13.3 Å². The summed E-state index contributed by atoms with van der Waals surface area (Å²) in [5.41, 5.74) is 5.43. The third-order valence-electron chi connectivity index (χ3n) is 3.43. The van der Waals surface area contributed by atoms with E-state index < -0.39 is 11.2 Å². The van der Waals surface area contributed by atoms with Gasteiger partial charge >= 0.3 is 5.69 Å². The van der Waals surface area contributed by atoms with E-state index in [9.17, 15) is 9.59 Å². The maximum Gasteiger partial charge on any atom is 0.330 e. The molecule has 0 atom stereocenters. The number of hydrogen-bond donors (Lipinski definition) is 3. The summed E-state index contributed by atoms with van der Waals surface area (Å²) in [6.07, 6.45) is 5.10. The minimum absolute atomic E-state index is 0.254. The molecule has 0 radical (unpaired) electrons. The summed E-state index contributed by atoms with van der Waals surface area (Å²) < 4.78 is 1.44. The molecule has 18 heavy (non-hydrogen) atoms. The maximum absolute atomic E-state index is 11.8. The van der Waals surface area contributed by atoms with Crippen LogP contribution in [0.2, 0.25) is 0 Å². The molecule has 4 N–H and O–H groups in total. The van der Waals surface area contributed by atoms with Crippen LogP contribution >= 0.6 is 0 Å². The number of unbranched alkanes of at least 4 members (excludes halogenated alkanes) is 1. The van der Waals surface area contributed by atoms with Gasteiger partial charge in [-0.15, -0.1) is 0 Å². The van der Waals surface area contributed by atoms with Gasteiger partial charge in [0.05, 0.1) is 0 Å². The molecule has 1 heterocycles. The second-order valence-electron chi connectivity index (χ2n) is 4.80. The predicted octanol–water partition coefficient (Wildman–Crippen LogP) is 0.883. The highest BCUT2D eigenvalue weighted by Gasteiger charge is 2.20. The van der Waals surface area contributed by atoms with Crippen molar-refractivity contribution in [1.29, 1.82) is 0 Å². The van der Waals surface area contributed by atoms with Gasteiger partial charge in [0.25, 0.3) is 5.56 Å². The molecule has 0 aliphatic heterocycles. The Morgan fingerprint density at radius 3 is 2.72 bits per heavy atom. The molecule has 0 spiro atoms. The molecule has 100 valence electrons. The Kier molecular flexibility index (Phi) is 3.74. The highest BCUT2D eigenvalue weighted by Crippen LogP contribution is 2.23. The molecule has 0 saturated heterocycles. The Morgan fingerprint density at radius 2 is 2.17 bits per heavy atom. The van der Waals surface area contributed by atoms with Crippen molar-refractivity contribution in [2.24, 2.45) is 0 Å². The lowest BCUT2D eigenvalue weighted by Crippen LogP contribution is -2.37. The Balaban J connectivity index is 2.32. The molecule has 1 aromatic heterocycles. The van der Waals surface area contributed by atoms with E-state index in [1.54, 1.807) is 0 Å². The quantitative estimate of drug-likeness (QED) is 0.725. The minimum atomic E-state index is -0.426. The standard InChI is InChI=1S/C12H20N4O2/c1-2-3-7-16-10(13)9(11(17)15-12(16)18)14-8-5-4-6-8/h8,14H,2-7,13H2,1H3,(H,15,17,18). The van der Waals surface area contributed by atoms with Gasteiger partial charge in [0.15, 0.2) is 0 Å². The van der Waals surface area contributed by atoms with Crippen LogP contribution in [0, 0.1) is 0 Å². The zero-order valence-corrected chi connectivity index (χ0v) is 10.7. The zero-order valence-electron chi connectivity index (χ0n) is 10.7. The molecule has 0 unspecified atom stereocenters. The number of hydrogen-bond acceptors (Lipinski definition) is 4. The van der Waals surface area contributed by atoms with Crippen molar-refractivity contribution < 1.29 is 0 Å². The lowest BCUT2D eigenvalue weighted by Gasteiger charge is -2.27. The predicted molar refractivity (Wildman–Crippen MR) is 71.9 cm³/mol. The van der Waals surface area contributed by atoms with Crippen LogP contribution in [-0.2, 0) is 6.54 Å². The number of aromatic amines is 1. The number of H-pyrrole nitrogens is 1. The number of rotatable bonds is 5. The summed E-state index contributed by atoms with van der Waals surface area (Å²) in [6, 6.07) is 0.311. The Bertz CT molecular complexity index is 528. The topological polar surface area (TPSA) is 92.9 Å². The molecule has 1 saturated carbocycles. The van der Waals surface area contributed by atoms with Crippen molar-refractivity contribution in [2.75, 3.05) is 11.1 Å². The molecule has 6 heteroatoms. The van der Waals surface area contributed by atoms with Crippen molar-refractivity contribution in [2.45, 2.75) is 51.6 Å². The van der Waals surface area contributed by atoms with Gasteiger partial charge < -0.3 is 11.1 Å². The van der Waals surface area contributed by atoms with Gasteiger partial charge in [-0.05, 0) is 25.7 Å². The number of anilines is 2. The minimum Gasteiger partial charge on any atom is -0.383 e. The average molecular weight is 252 g/mol. The maximum atomic E-state index is 11.8. The monoisotopic (exact) mass is 252 g/mol. The normalized spacial score (nSPS) is 15.4. The van der Waals surface area contributed by atoms with Crippen LogP contribution in [0.1, 0.15) is 39.0 Å². The number of nitrogen functional groups attached to an aromatic ring is 1. The molecule has 2 rings (SSSR count). The third kappa shape index (κ3) is 2.42. The molecule has 1 aliphatic carbocycles. The molecule has 1 fully saturated rings. The fourth-order valence-corrected chi connectivity index (χ4v) is 2.02. The summed E-state index contributed by atoms with van der Waals surface area (Å²) in [5, 5.41) is 3.13. The summed E-state index contributed by atoms with van der Waals surface area (Å²) in [6.45, 7) is 2.58. The summed E-state index contributed by atoms with van der Waals surface area (Å²) in [5.74, 6) is 0.254. The van der Waals surface area contributed by atoms with E-state index in [1.807, 2.05) is 6.92 Å². The SMILES string of the molecule is CCCCn1c(N)c(NC2CCC2)c(=O)[nH]c1=O. The van der Waals surface area contributed by atoms with Gasteiger partial charge in [0.1, 0.15) is 11.5 Å². The first-order valence-electron chi connectivity index (χ1n) is 6.52. The Morgan fingerprint density at radius 1 is 1.44 bits per heavy atom. The van der Waals surface area contributed by atoms with E-state index in [0.717, 1.165) is 25.7 Å². The van der Waals surface area contributed by atoms with Crippen molar-refractivity contribution in [1.82, 2.24) is 9.55 Å². The number of aromatic nitrogens is 2. The third-order valence-corrected chi connectivity index (χ3v) is 3.43. The van der Waals surface area contributed by atoms with Gasteiger partial charge in [-0.3, -0.25) is 14.3 Å². The largest absolute Gasteiger partial charge is 0.383 e. The van der Waals surface area contributed by atoms with E-state index in [2.05, 4.69) is 10.3 Å². The van der Waals surface area contributed by atoms with Gasteiger partial charge in [-0.2, -0.15) is 0 Å². The van der Waals surface area contributed by atoms with Crippen LogP contribution in [-0.4, -0.2) is 15.6 Å². The number of nitrogens with two attached hydrogens (primary N) is 1. The van der Waals surface area contributed by atoms with Crippen molar-refractivity contribution in [3.05, 3.63) is 20.8 Å². The van der Waals surface area contributed by atoms with Crippen molar-refractivity contribution in [3.8, 4) is 0 Å². The molecule has 0 amide bonds. The molecule has 0 aromatic carbocycles. The summed E-state index contributed by atoms with van der Waals surface area (Å²) >= 11 is 0. The van der Waals surface area contributed by atoms with Crippen LogP contribution < -0.4 is 22.3 Å². The van der Waals surface area contributed by atoms with Gasteiger partial charge in [0, 0.05) is 12.6 Å². The summed E-state index contributed by atoms with van der Waals surface area (Å²) in [7, 11) is 0. The molecular weight excluding hydrogens is 232 g/mol. The van der Waals surface area contributed by atoms with E-state index in [-0.39, 0.29) is 5.82 Å². The summed E-state index contributed by atoms with van der Waals surface area (Å²) in [4.78, 5) is 25.8. The second kappa shape index (κ2) is 5.29. The number of nitrogens with one attached hydrogen (secondary N) is 2. The smallest absolute Gasteiger partial charge is 0.330 e. The van der Waals surface area contributed by atoms with Crippen LogP contribution in [0.3, 0.4) is 0 Å². The Hall–Kier alpha value is -1.72. The van der Waals surface area contributed by atoms with E-state index in [4.69, 9.17) is 5.73 Å². The fourth-order valence-electron chi connectivity index (χ4n) is 2.02. The molecule has 6 nitrogen and oxygen atoms in total. The molecular formula is C12H20N4O2. The highest BCUT2D eigenvalue weighted by atomic mass is 16.2. The van der Waals surface area contributed by atoms with Crippen molar-refractivity contribution in [3.63, 3.8) is 0 Å². The van der Waals surface area contributed by atoms with Crippen LogP contribution in [0.25, 0.3) is 0 Å². The fraction of sp³-hybridized carbons (Fsp3) is 0.667. The average Bonchev–Trinajstić information content (AvgIpc) is 2.26. The van der Waals surface area contributed by atoms with Gasteiger partial charge in [0.2, 0.25) is 0 Å². The molecule has 1 aromatic rings. The van der Waals surface area contributed by atoms with Crippen LogP contribution in [0.15, 0.2) is 9.59 Å². The molecule has 1 aliphatic rings. The first kappa shape index (κ1) is 12.7. The van der Waals surface area contributed by atoms with Crippen LogP contribution in [0.5, 0.6) is 0 Å². The van der Waals surface area contributed by atoms with Crippen molar-refractivity contribution >= 4 is 11.5 Å². The van der Waals surface area contributed by atoms with E-state index >= 15 is 0 Å². The zero-order chi connectivity index (χ0) is 13.1. The van der Waals surface area contributed by atoms with Crippen LogP contribution in [0.4, 0.5) is 11.5 Å². The lowest BCUT2D eigenvalue weighted by atomic mass is 9.93. The van der Waals surface area contributed by atoms with Gasteiger partial charge in [-0.25, -0.2) is 4.79 Å². The first-order valence-corrected chi connectivity index (χ1v) is 6.52. The second-order valence-corrected chi connectivity index (χ2v) is 4.80. The number of nitrogens with zero attached hydrogens (tertiary/aromatic N) is 1. The van der Waals surface area contributed by atoms with E-state index in [0.29, 0.717) is 18.3 Å². The first-order chi connectivity index (χ1) is 8.63. The van der Waals surface area contributed by atoms with E-state index in [1.165, 1.54) is 11.0 Å². The molecule has 0 bridgehead atoms. The lowest BCUT2D eigenvalue weighted by molar-refractivity contribution is 0.444. The highest BCUT2D eigenvalue weighted by molar-refractivity contribution is 5.61.